The third-order valence-electron chi connectivity index (χ3n) is 4.93. The van der Waals surface area contributed by atoms with E-state index in [2.05, 4.69) is 42.5 Å². The number of nitrogens with zero attached hydrogens (tertiary/aromatic N) is 1. The Morgan fingerprint density at radius 3 is 2.37 bits per heavy atom. The van der Waals surface area contributed by atoms with Crippen molar-refractivity contribution in [1.82, 2.24) is 0 Å². The summed E-state index contributed by atoms with van der Waals surface area (Å²) in [6.45, 7) is 0.747. The van der Waals surface area contributed by atoms with Crippen LogP contribution < -0.4 is 4.90 Å². The van der Waals surface area contributed by atoms with Gasteiger partial charge in [-0.15, -0.1) is 0 Å². The Kier molecular flexibility index (Phi) is 6.04. The predicted octanol–water partition coefficient (Wildman–Crippen LogP) is 6.71. The van der Waals surface area contributed by atoms with Gasteiger partial charge in [-0.25, -0.2) is 0 Å². The zero-order chi connectivity index (χ0) is 19.3. The van der Waals surface area contributed by atoms with Crippen LogP contribution in [0.1, 0.15) is 30.4 Å². The van der Waals surface area contributed by atoms with Gasteiger partial charge in [0.15, 0.2) is 0 Å². The molecule has 0 fully saturated rings. The van der Waals surface area contributed by atoms with Gasteiger partial charge in [0.25, 0.3) is 0 Å². The highest BCUT2D eigenvalue weighted by atomic mass is 19.4. The molecule has 0 heterocycles. The molecule has 0 unspecified atom stereocenters. The maximum Gasteiger partial charge on any atom is 0.416 e. The van der Waals surface area contributed by atoms with Crippen molar-refractivity contribution in [1.29, 1.82) is 0 Å². The van der Waals surface area contributed by atoms with E-state index in [9.17, 15) is 13.2 Å². The van der Waals surface area contributed by atoms with E-state index in [1.165, 1.54) is 28.5 Å². The Balaban J connectivity index is 1.49. The first-order valence-electron chi connectivity index (χ1n) is 9.30. The lowest BCUT2D eigenvalue weighted by Gasteiger charge is -2.20. The Morgan fingerprint density at radius 1 is 0.815 bits per heavy atom. The van der Waals surface area contributed by atoms with Crippen LogP contribution in [0.4, 0.5) is 18.9 Å². The number of benzene rings is 3. The Bertz CT molecular complexity index is 881. The van der Waals surface area contributed by atoms with Crippen molar-refractivity contribution in [3.8, 4) is 0 Å². The number of unbranched alkanes of at least 4 members (excludes halogenated alkanes) is 2. The van der Waals surface area contributed by atoms with E-state index in [0.29, 0.717) is 5.69 Å². The molecular formula is C23H24F3N. The van der Waals surface area contributed by atoms with Crippen LogP contribution >= 0.6 is 0 Å². The van der Waals surface area contributed by atoms with Gasteiger partial charge in [-0.05, 0) is 53.8 Å². The first-order valence-corrected chi connectivity index (χ1v) is 9.30. The molecule has 0 spiro atoms. The van der Waals surface area contributed by atoms with E-state index in [4.69, 9.17) is 0 Å². The lowest BCUT2D eigenvalue weighted by atomic mass is 10.00. The number of hydrogen-bond acceptors (Lipinski definition) is 1. The van der Waals surface area contributed by atoms with E-state index in [-0.39, 0.29) is 0 Å². The first-order chi connectivity index (χ1) is 12.9. The monoisotopic (exact) mass is 371 g/mol. The van der Waals surface area contributed by atoms with E-state index in [1.807, 2.05) is 11.9 Å². The number of alkyl halides is 3. The zero-order valence-corrected chi connectivity index (χ0v) is 15.5. The van der Waals surface area contributed by atoms with E-state index < -0.39 is 11.7 Å². The molecule has 4 heteroatoms. The van der Waals surface area contributed by atoms with Gasteiger partial charge >= 0.3 is 6.18 Å². The maximum absolute atomic E-state index is 12.8. The van der Waals surface area contributed by atoms with Crippen molar-refractivity contribution in [2.45, 2.75) is 31.9 Å². The molecule has 3 rings (SSSR count). The number of aryl methyl sites for hydroxylation is 1. The molecule has 1 nitrogen and oxygen atoms in total. The van der Waals surface area contributed by atoms with Gasteiger partial charge in [-0.3, -0.25) is 0 Å². The Hall–Kier alpha value is -2.49. The normalized spacial score (nSPS) is 11.7. The summed E-state index contributed by atoms with van der Waals surface area (Å²) >= 11 is 0. The standard InChI is InChI=1S/C23H24F3N/c1-27(21-14-8-13-20(17-21)23(24,25)26)16-6-2-3-9-18-11-7-12-19-10-4-5-15-22(18)19/h4-5,7-8,10-15,17H,2-3,6,9,16H2,1H3. The molecule has 0 N–H and O–H groups in total. The fourth-order valence-electron chi connectivity index (χ4n) is 3.40. The van der Waals surface area contributed by atoms with Gasteiger partial charge in [0, 0.05) is 19.3 Å². The van der Waals surface area contributed by atoms with Gasteiger partial charge in [-0.1, -0.05) is 55.0 Å². The fourth-order valence-corrected chi connectivity index (χ4v) is 3.40. The molecule has 27 heavy (non-hydrogen) atoms. The van der Waals surface area contributed by atoms with Crippen LogP contribution in [-0.2, 0) is 12.6 Å². The lowest BCUT2D eigenvalue weighted by Crippen LogP contribution is -2.19. The molecule has 0 saturated carbocycles. The molecule has 0 bridgehead atoms. The molecular weight excluding hydrogens is 347 g/mol. The van der Waals surface area contributed by atoms with Crippen LogP contribution in [0.5, 0.6) is 0 Å². The molecule has 0 amide bonds. The molecule has 0 aromatic heterocycles. The van der Waals surface area contributed by atoms with Gasteiger partial charge in [0.2, 0.25) is 0 Å². The van der Waals surface area contributed by atoms with Crippen molar-refractivity contribution >= 4 is 16.5 Å². The molecule has 0 radical (unpaired) electrons. The van der Waals surface area contributed by atoms with Crippen LogP contribution in [0, 0.1) is 0 Å². The zero-order valence-electron chi connectivity index (χ0n) is 15.5. The molecule has 0 aliphatic heterocycles. The highest BCUT2D eigenvalue weighted by Gasteiger charge is 2.30. The summed E-state index contributed by atoms with van der Waals surface area (Å²) in [5.41, 5.74) is 1.38. The summed E-state index contributed by atoms with van der Waals surface area (Å²) in [7, 11) is 1.85. The topological polar surface area (TPSA) is 3.24 Å². The van der Waals surface area contributed by atoms with Crippen molar-refractivity contribution in [2.75, 3.05) is 18.5 Å². The van der Waals surface area contributed by atoms with Crippen LogP contribution in [0.25, 0.3) is 10.8 Å². The summed E-state index contributed by atoms with van der Waals surface area (Å²) in [5.74, 6) is 0. The highest BCUT2D eigenvalue weighted by Crippen LogP contribution is 2.31. The Morgan fingerprint density at radius 2 is 1.56 bits per heavy atom. The van der Waals surface area contributed by atoms with Crippen molar-refractivity contribution in [2.24, 2.45) is 0 Å². The highest BCUT2D eigenvalue weighted by molar-refractivity contribution is 5.85. The SMILES string of the molecule is CN(CCCCCc1cccc2ccccc12)c1cccc(C(F)(F)F)c1. The van der Waals surface area contributed by atoms with Gasteiger partial charge in [0.1, 0.15) is 0 Å². The number of fused-ring (bicyclic) bond motifs is 1. The van der Waals surface area contributed by atoms with Crippen molar-refractivity contribution in [3.63, 3.8) is 0 Å². The van der Waals surface area contributed by atoms with Crippen LogP contribution in [0.3, 0.4) is 0 Å². The predicted molar refractivity (Wildman–Crippen MR) is 106 cm³/mol. The molecule has 0 saturated heterocycles. The molecule has 3 aromatic rings. The first kappa shape index (κ1) is 19.3. The second kappa shape index (κ2) is 8.47. The van der Waals surface area contributed by atoms with E-state index in [0.717, 1.165) is 38.3 Å². The smallest absolute Gasteiger partial charge is 0.375 e. The van der Waals surface area contributed by atoms with E-state index in [1.54, 1.807) is 6.07 Å². The summed E-state index contributed by atoms with van der Waals surface area (Å²) in [4.78, 5) is 1.90. The minimum Gasteiger partial charge on any atom is -0.375 e. The number of halogens is 3. The molecule has 3 aromatic carbocycles. The van der Waals surface area contributed by atoms with E-state index >= 15 is 0 Å². The third kappa shape index (κ3) is 5.03. The molecule has 0 aliphatic rings. The molecule has 142 valence electrons. The average Bonchev–Trinajstić information content (AvgIpc) is 2.67. The van der Waals surface area contributed by atoms with Crippen LogP contribution in [-0.4, -0.2) is 13.6 Å². The number of hydrogen-bond donors (Lipinski definition) is 0. The third-order valence-corrected chi connectivity index (χ3v) is 4.93. The average molecular weight is 371 g/mol. The summed E-state index contributed by atoms with van der Waals surface area (Å²) in [5, 5.41) is 2.57. The largest absolute Gasteiger partial charge is 0.416 e. The summed E-state index contributed by atoms with van der Waals surface area (Å²) < 4.78 is 38.5. The van der Waals surface area contributed by atoms with Crippen LogP contribution in [0.15, 0.2) is 66.7 Å². The second-order valence-electron chi connectivity index (χ2n) is 6.92. The number of rotatable bonds is 7. The van der Waals surface area contributed by atoms with Crippen LogP contribution in [0.2, 0.25) is 0 Å². The molecule has 0 aliphatic carbocycles. The summed E-state index contributed by atoms with van der Waals surface area (Å²) in [6.07, 6.45) is -0.196. The lowest BCUT2D eigenvalue weighted by molar-refractivity contribution is -0.137. The minimum atomic E-state index is -4.30. The summed E-state index contributed by atoms with van der Waals surface area (Å²) in [6, 6.07) is 20.3. The fraction of sp³-hybridized carbons (Fsp3) is 0.304. The van der Waals surface area contributed by atoms with Gasteiger partial charge < -0.3 is 4.90 Å². The molecule has 0 atom stereocenters. The Labute approximate surface area is 158 Å². The second-order valence-corrected chi connectivity index (χ2v) is 6.92. The number of anilines is 1. The van der Waals surface area contributed by atoms with Gasteiger partial charge in [-0.2, -0.15) is 13.2 Å². The quantitative estimate of drug-likeness (QED) is 0.417. The maximum atomic E-state index is 12.8. The van der Waals surface area contributed by atoms with Gasteiger partial charge in [0.05, 0.1) is 5.56 Å². The van der Waals surface area contributed by atoms with Crippen molar-refractivity contribution < 1.29 is 13.2 Å². The minimum absolute atomic E-state index is 0.595. The van der Waals surface area contributed by atoms with Crippen molar-refractivity contribution in [3.05, 3.63) is 77.9 Å².